The third-order valence-electron chi connectivity index (χ3n) is 5.43. The van der Waals surface area contributed by atoms with Gasteiger partial charge >= 0.3 is 5.97 Å². The van der Waals surface area contributed by atoms with Crippen LogP contribution in [0.25, 0.3) is 0 Å². The van der Waals surface area contributed by atoms with E-state index >= 15 is 0 Å². The van der Waals surface area contributed by atoms with Crippen LogP contribution in [0.2, 0.25) is 0 Å². The van der Waals surface area contributed by atoms with Crippen molar-refractivity contribution < 1.29 is 29.3 Å². The molecular formula is C25H19NO6. The number of hydrogen-bond donors (Lipinski definition) is 2. The van der Waals surface area contributed by atoms with Crippen molar-refractivity contribution in [3.8, 4) is 0 Å². The Balaban J connectivity index is 1.89. The van der Waals surface area contributed by atoms with E-state index < -0.39 is 23.7 Å². The molecule has 160 valence electrons. The summed E-state index contributed by atoms with van der Waals surface area (Å²) in [7, 11) is 1.48. The summed E-state index contributed by atoms with van der Waals surface area (Å²) in [4.78, 5) is 38.6. The van der Waals surface area contributed by atoms with Gasteiger partial charge in [-0.1, -0.05) is 24.0 Å². The Morgan fingerprint density at radius 2 is 1.88 bits per heavy atom. The summed E-state index contributed by atoms with van der Waals surface area (Å²) in [5.74, 6) is -2.66. The summed E-state index contributed by atoms with van der Waals surface area (Å²) in [5, 5.41) is 20.2. The number of ether oxygens (including phenoxy) is 1. The average Bonchev–Trinajstić information content (AvgIpc) is 3.09. The van der Waals surface area contributed by atoms with Crippen LogP contribution in [0.15, 0.2) is 94.3 Å². The van der Waals surface area contributed by atoms with Crippen LogP contribution < -0.4 is 4.90 Å². The number of carboxylic acids is 1. The maximum absolute atomic E-state index is 13.1. The Labute approximate surface area is 183 Å². The van der Waals surface area contributed by atoms with Crippen molar-refractivity contribution in [2.24, 2.45) is 0 Å². The minimum atomic E-state index is -1.10. The fraction of sp³-hybridized carbons (Fsp3) is 0.160. The van der Waals surface area contributed by atoms with E-state index in [0.29, 0.717) is 17.9 Å². The summed E-state index contributed by atoms with van der Waals surface area (Å²) in [5.41, 5.74) is 6.87. The molecule has 1 aromatic carbocycles. The number of carboxylic acid groups (broad SMARTS) is 1. The van der Waals surface area contributed by atoms with E-state index in [1.165, 1.54) is 42.4 Å². The molecule has 7 heteroatoms. The molecule has 1 saturated heterocycles. The molecule has 0 radical (unpaired) electrons. The van der Waals surface area contributed by atoms with Gasteiger partial charge in [-0.2, -0.15) is 0 Å². The van der Waals surface area contributed by atoms with Crippen molar-refractivity contribution in [1.29, 1.82) is 0 Å². The third kappa shape index (κ3) is 3.63. The number of ketones is 1. The van der Waals surface area contributed by atoms with Crippen molar-refractivity contribution in [3.05, 3.63) is 99.9 Å². The van der Waals surface area contributed by atoms with Gasteiger partial charge in [-0.25, -0.2) is 4.79 Å². The number of hydrogen-bond acceptors (Lipinski definition) is 5. The Morgan fingerprint density at radius 1 is 1.12 bits per heavy atom. The Kier molecular flexibility index (Phi) is 5.52. The van der Waals surface area contributed by atoms with Crippen LogP contribution in [0.1, 0.15) is 23.2 Å². The molecule has 1 atom stereocenters. The molecule has 0 bridgehead atoms. The summed E-state index contributed by atoms with van der Waals surface area (Å²) in [6.45, 7) is 0. The molecule has 3 aliphatic rings. The predicted molar refractivity (Wildman–Crippen MR) is 116 cm³/mol. The lowest BCUT2D eigenvalue weighted by molar-refractivity contribution is -0.132. The van der Waals surface area contributed by atoms with Gasteiger partial charge < -0.3 is 14.9 Å². The maximum Gasteiger partial charge on any atom is 0.335 e. The lowest BCUT2D eigenvalue weighted by atomic mass is 9.90. The molecule has 0 spiro atoms. The molecule has 7 nitrogen and oxygen atoms in total. The quantitative estimate of drug-likeness (QED) is 0.321. The van der Waals surface area contributed by atoms with E-state index in [0.717, 1.165) is 12.0 Å². The molecule has 1 aromatic rings. The number of carbonyl (C=O) groups excluding carboxylic acids is 2. The van der Waals surface area contributed by atoms with Crippen molar-refractivity contribution in [2.45, 2.75) is 18.9 Å². The second kappa shape index (κ2) is 8.44. The van der Waals surface area contributed by atoms with Gasteiger partial charge in [0, 0.05) is 5.69 Å². The predicted octanol–water partition coefficient (Wildman–Crippen LogP) is 3.54. The van der Waals surface area contributed by atoms with E-state index in [4.69, 9.17) is 9.84 Å². The smallest absolute Gasteiger partial charge is 0.335 e. The van der Waals surface area contributed by atoms with E-state index in [-0.39, 0.29) is 22.5 Å². The fourth-order valence-electron chi connectivity index (χ4n) is 3.84. The zero-order valence-electron chi connectivity index (χ0n) is 17.2. The highest BCUT2D eigenvalue weighted by Gasteiger charge is 2.47. The second-order valence-electron chi connectivity index (χ2n) is 7.29. The highest BCUT2D eigenvalue weighted by molar-refractivity contribution is 6.51. The number of aliphatic hydroxyl groups excluding tert-OH is 1. The van der Waals surface area contributed by atoms with Gasteiger partial charge in [-0.15, -0.1) is 0 Å². The second-order valence-corrected chi connectivity index (χ2v) is 7.29. The first-order valence-electron chi connectivity index (χ1n) is 9.90. The average molecular weight is 429 g/mol. The van der Waals surface area contributed by atoms with Crippen molar-refractivity contribution in [2.75, 3.05) is 12.0 Å². The van der Waals surface area contributed by atoms with Gasteiger partial charge in [-0.05, 0) is 60.6 Å². The minimum absolute atomic E-state index is 0.0475. The van der Waals surface area contributed by atoms with E-state index in [1.807, 2.05) is 18.2 Å². The number of methoxy groups -OCH3 is 1. The largest absolute Gasteiger partial charge is 0.506 e. The van der Waals surface area contributed by atoms with Gasteiger partial charge in [0.05, 0.1) is 29.9 Å². The highest BCUT2D eigenvalue weighted by atomic mass is 16.5. The Hall–Kier alpha value is -4.31. The molecule has 1 aliphatic heterocycles. The Bertz CT molecular complexity index is 1250. The number of amides is 1. The summed E-state index contributed by atoms with van der Waals surface area (Å²) < 4.78 is 5.06. The standard InChI is InChI=1S/C25H19NO6/c1-32-19-13-9-16(10-14-19)22(27)20-21(15-5-3-2-4-6-15)26(24(29)23(20)28)18-11-7-17(8-12-18)25(30)31/h2-3,5,7-9,11-13,21,27H,4,6H2,1H3,(H,30,31)/b22-20-. The zero-order valence-corrected chi connectivity index (χ0v) is 17.2. The van der Waals surface area contributed by atoms with Crippen LogP contribution in [-0.4, -0.2) is 41.0 Å². The highest BCUT2D eigenvalue weighted by Crippen LogP contribution is 2.38. The van der Waals surface area contributed by atoms with Gasteiger partial charge in [0.15, 0.2) is 5.76 Å². The molecule has 1 heterocycles. The van der Waals surface area contributed by atoms with Gasteiger partial charge in [0.1, 0.15) is 5.76 Å². The number of benzene rings is 1. The van der Waals surface area contributed by atoms with Gasteiger partial charge in [-0.3, -0.25) is 14.5 Å². The third-order valence-corrected chi connectivity index (χ3v) is 5.43. The zero-order chi connectivity index (χ0) is 22.8. The van der Waals surface area contributed by atoms with Crippen LogP contribution in [0, 0.1) is 0 Å². The van der Waals surface area contributed by atoms with Crippen molar-refractivity contribution in [3.63, 3.8) is 0 Å². The monoisotopic (exact) mass is 429 g/mol. The number of rotatable bonds is 5. The SMILES string of the molecule is COC1=C=C=C(/C(O)=C2/C(=O)C(=O)N(c3ccc(C(=O)O)cc3)C2C2=CC=CCC2)C=C1. The van der Waals surface area contributed by atoms with Gasteiger partial charge in [0.25, 0.3) is 11.7 Å². The molecule has 32 heavy (non-hydrogen) atoms. The number of nitrogens with zero attached hydrogens (tertiary/aromatic N) is 1. The van der Waals surface area contributed by atoms with Crippen LogP contribution in [-0.2, 0) is 14.3 Å². The van der Waals surface area contributed by atoms with E-state index in [1.54, 1.807) is 6.08 Å². The number of allylic oxidation sites excluding steroid dienone is 5. The van der Waals surface area contributed by atoms with Crippen LogP contribution in [0.4, 0.5) is 5.69 Å². The molecule has 1 amide bonds. The van der Waals surface area contributed by atoms with E-state index in [9.17, 15) is 19.5 Å². The number of anilines is 1. The lowest BCUT2D eigenvalue weighted by Gasteiger charge is -2.28. The first-order chi connectivity index (χ1) is 15.4. The number of Topliss-reactive ketones (excluding diaryl/α,β-unsaturated/α-hetero) is 1. The first-order valence-corrected chi connectivity index (χ1v) is 9.90. The minimum Gasteiger partial charge on any atom is -0.506 e. The molecule has 0 aromatic heterocycles. The molecular weight excluding hydrogens is 410 g/mol. The topological polar surface area (TPSA) is 104 Å². The summed E-state index contributed by atoms with van der Waals surface area (Å²) >= 11 is 0. The molecule has 1 unspecified atom stereocenters. The molecule has 2 aliphatic carbocycles. The van der Waals surface area contributed by atoms with E-state index in [2.05, 4.69) is 11.5 Å². The first kappa shape index (κ1) is 20.9. The van der Waals surface area contributed by atoms with Crippen LogP contribution >= 0.6 is 0 Å². The molecule has 0 saturated carbocycles. The lowest BCUT2D eigenvalue weighted by Crippen LogP contribution is -2.36. The van der Waals surface area contributed by atoms with Crippen molar-refractivity contribution in [1.82, 2.24) is 0 Å². The maximum atomic E-state index is 13.1. The summed E-state index contributed by atoms with van der Waals surface area (Å²) in [6, 6.07) is 4.87. The van der Waals surface area contributed by atoms with Crippen molar-refractivity contribution >= 4 is 23.3 Å². The van der Waals surface area contributed by atoms with Gasteiger partial charge in [0.2, 0.25) is 0 Å². The molecule has 1 fully saturated rings. The number of aliphatic hydroxyl groups is 1. The Morgan fingerprint density at radius 3 is 2.44 bits per heavy atom. The molecule has 4 rings (SSSR count). The number of carbonyl (C=O) groups is 3. The summed E-state index contributed by atoms with van der Waals surface area (Å²) in [6.07, 6.45) is 10.1. The normalized spacial score (nSPS) is 21.3. The fourth-order valence-corrected chi connectivity index (χ4v) is 3.84. The number of aromatic carboxylic acids is 1. The van der Waals surface area contributed by atoms with Crippen LogP contribution in [0.3, 0.4) is 0 Å². The van der Waals surface area contributed by atoms with Crippen LogP contribution in [0.5, 0.6) is 0 Å². The molecule has 2 N–H and O–H groups in total.